The van der Waals surface area contributed by atoms with Crippen LogP contribution in [0, 0.1) is 0 Å². The summed E-state index contributed by atoms with van der Waals surface area (Å²) in [5, 5.41) is 10.8. The quantitative estimate of drug-likeness (QED) is 0.447. The molecule has 0 bridgehead atoms. The summed E-state index contributed by atoms with van der Waals surface area (Å²) >= 11 is 0. The summed E-state index contributed by atoms with van der Waals surface area (Å²) in [6.45, 7) is 1.21. The van der Waals surface area contributed by atoms with E-state index in [0.29, 0.717) is 24.7 Å². The predicted octanol–water partition coefficient (Wildman–Crippen LogP) is 0.383. The second-order valence-electron chi connectivity index (χ2n) is 3.78. The molecule has 0 saturated heterocycles. The van der Waals surface area contributed by atoms with Crippen molar-refractivity contribution in [1.82, 2.24) is 5.32 Å². The maximum Gasteiger partial charge on any atom is 0.407 e. The summed E-state index contributed by atoms with van der Waals surface area (Å²) in [6.07, 6.45) is -0.573. The molecular formula is C13H20N2O5. The van der Waals surface area contributed by atoms with Gasteiger partial charge in [0.2, 0.25) is 0 Å². The van der Waals surface area contributed by atoms with Crippen LogP contribution < -0.4 is 15.8 Å². The zero-order valence-electron chi connectivity index (χ0n) is 11.2. The van der Waals surface area contributed by atoms with Crippen LogP contribution in [0.5, 0.6) is 5.75 Å². The van der Waals surface area contributed by atoms with E-state index in [1.807, 2.05) is 12.1 Å². The van der Waals surface area contributed by atoms with Gasteiger partial charge in [0.25, 0.3) is 0 Å². The van der Waals surface area contributed by atoms with E-state index in [1.165, 1.54) is 0 Å². The van der Waals surface area contributed by atoms with Crippen molar-refractivity contribution in [2.75, 3.05) is 45.3 Å². The molecule has 1 rings (SSSR count). The fourth-order valence-electron chi connectivity index (χ4n) is 1.33. The van der Waals surface area contributed by atoms with Gasteiger partial charge in [0.15, 0.2) is 0 Å². The molecule has 0 aliphatic rings. The molecule has 0 saturated carbocycles. The van der Waals surface area contributed by atoms with Crippen LogP contribution in [0.4, 0.5) is 10.5 Å². The van der Waals surface area contributed by atoms with Crippen LogP contribution >= 0.6 is 0 Å². The summed E-state index contributed by atoms with van der Waals surface area (Å²) in [5.41, 5.74) is 6.29. The van der Waals surface area contributed by atoms with Crippen LogP contribution in [-0.2, 0) is 9.47 Å². The van der Waals surface area contributed by atoms with Gasteiger partial charge in [0.05, 0.1) is 25.5 Å². The van der Waals surface area contributed by atoms with Crippen molar-refractivity contribution in [1.29, 1.82) is 0 Å². The average molecular weight is 284 g/mol. The molecule has 1 amide bonds. The summed E-state index contributed by atoms with van der Waals surface area (Å²) in [5.74, 6) is 0.621. The number of nitrogen functional groups attached to an aromatic ring is 1. The number of amides is 1. The number of carbonyl (C=O) groups is 1. The van der Waals surface area contributed by atoms with Crippen molar-refractivity contribution in [3.63, 3.8) is 0 Å². The van der Waals surface area contributed by atoms with Crippen LogP contribution in [0.25, 0.3) is 0 Å². The van der Waals surface area contributed by atoms with E-state index in [2.05, 4.69) is 5.32 Å². The molecule has 0 unspecified atom stereocenters. The Morgan fingerprint density at radius 2 is 1.95 bits per heavy atom. The maximum atomic E-state index is 11.0. The molecule has 0 spiro atoms. The number of hydrogen-bond donors (Lipinski definition) is 3. The molecule has 4 N–H and O–H groups in total. The van der Waals surface area contributed by atoms with Gasteiger partial charge in [-0.05, 0) is 12.1 Å². The summed E-state index contributed by atoms with van der Waals surface area (Å²) in [7, 11) is 0. The largest absolute Gasteiger partial charge is 0.489 e. The molecule has 7 heteroatoms. The second kappa shape index (κ2) is 9.88. The Bertz CT molecular complexity index is 400. The van der Waals surface area contributed by atoms with Crippen molar-refractivity contribution in [2.24, 2.45) is 0 Å². The standard InChI is InChI=1S/C13H20N2O5/c14-11-3-1-2-4-12(11)19-9-7-18-8-10-20-13(17)15-5-6-16/h1-4,16H,5-10,14H2,(H,15,17). The number of nitrogens with one attached hydrogen (secondary N) is 1. The normalized spacial score (nSPS) is 10.1. The lowest BCUT2D eigenvalue weighted by Crippen LogP contribution is -2.28. The number of aliphatic hydroxyl groups excluding tert-OH is 1. The van der Waals surface area contributed by atoms with Gasteiger partial charge in [0.1, 0.15) is 19.0 Å². The van der Waals surface area contributed by atoms with E-state index in [4.69, 9.17) is 25.1 Å². The first-order valence-electron chi connectivity index (χ1n) is 6.30. The molecule has 0 aromatic heterocycles. The van der Waals surface area contributed by atoms with Crippen LogP contribution in [0.1, 0.15) is 0 Å². The third-order valence-corrected chi connectivity index (χ3v) is 2.25. The Balaban J connectivity index is 1.98. The molecule has 0 fully saturated rings. The highest BCUT2D eigenvalue weighted by Crippen LogP contribution is 2.19. The van der Waals surface area contributed by atoms with E-state index >= 15 is 0 Å². The number of nitrogens with two attached hydrogens (primary N) is 1. The molecule has 0 atom stereocenters. The number of rotatable bonds is 9. The zero-order valence-corrected chi connectivity index (χ0v) is 11.2. The SMILES string of the molecule is Nc1ccccc1OCCOCCOC(=O)NCCO. The minimum Gasteiger partial charge on any atom is -0.489 e. The first kappa shape index (κ1) is 16.1. The van der Waals surface area contributed by atoms with Gasteiger partial charge in [-0.1, -0.05) is 12.1 Å². The van der Waals surface area contributed by atoms with E-state index in [0.717, 1.165) is 0 Å². The van der Waals surface area contributed by atoms with Gasteiger partial charge < -0.3 is 30.4 Å². The van der Waals surface area contributed by atoms with E-state index in [1.54, 1.807) is 12.1 Å². The van der Waals surface area contributed by atoms with E-state index < -0.39 is 6.09 Å². The second-order valence-corrected chi connectivity index (χ2v) is 3.78. The van der Waals surface area contributed by atoms with E-state index in [9.17, 15) is 4.79 Å². The monoisotopic (exact) mass is 284 g/mol. The fraction of sp³-hybridized carbons (Fsp3) is 0.462. The molecular weight excluding hydrogens is 264 g/mol. The summed E-state index contributed by atoms with van der Waals surface area (Å²) in [6, 6.07) is 7.21. The van der Waals surface area contributed by atoms with Crippen LogP contribution in [0.2, 0.25) is 0 Å². The number of aliphatic hydroxyl groups is 1. The lowest BCUT2D eigenvalue weighted by atomic mass is 10.3. The Hall–Kier alpha value is -1.99. The van der Waals surface area contributed by atoms with Gasteiger partial charge in [-0.15, -0.1) is 0 Å². The Kier molecular flexibility index (Phi) is 7.93. The predicted molar refractivity (Wildman–Crippen MR) is 73.6 cm³/mol. The van der Waals surface area contributed by atoms with Crippen LogP contribution in [-0.4, -0.2) is 50.8 Å². The summed E-state index contributed by atoms with van der Waals surface area (Å²) < 4.78 is 15.4. The van der Waals surface area contributed by atoms with Crippen molar-refractivity contribution in [3.05, 3.63) is 24.3 Å². The minimum atomic E-state index is -0.573. The van der Waals surface area contributed by atoms with Gasteiger partial charge in [-0.2, -0.15) is 0 Å². The van der Waals surface area contributed by atoms with Crippen molar-refractivity contribution < 1.29 is 24.1 Å². The molecule has 0 radical (unpaired) electrons. The number of benzene rings is 1. The van der Waals surface area contributed by atoms with Gasteiger partial charge in [-0.3, -0.25) is 0 Å². The fourth-order valence-corrected chi connectivity index (χ4v) is 1.33. The lowest BCUT2D eigenvalue weighted by Gasteiger charge is -2.09. The molecule has 0 aliphatic heterocycles. The lowest BCUT2D eigenvalue weighted by molar-refractivity contribution is 0.0576. The molecule has 1 aromatic rings. The number of carbonyl (C=O) groups excluding carboxylic acids is 1. The maximum absolute atomic E-state index is 11.0. The third-order valence-electron chi connectivity index (χ3n) is 2.25. The average Bonchev–Trinajstić information content (AvgIpc) is 2.46. The first-order valence-corrected chi connectivity index (χ1v) is 6.30. The zero-order chi connectivity index (χ0) is 14.6. The molecule has 0 heterocycles. The van der Waals surface area contributed by atoms with Crippen LogP contribution in [0.15, 0.2) is 24.3 Å². The van der Waals surface area contributed by atoms with Crippen molar-refractivity contribution in [3.8, 4) is 5.75 Å². The van der Waals surface area contributed by atoms with Gasteiger partial charge in [0, 0.05) is 6.54 Å². The van der Waals surface area contributed by atoms with Gasteiger partial charge >= 0.3 is 6.09 Å². The van der Waals surface area contributed by atoms with Crippen molar-refractivity contribution in [2.45, 2.75) is 0 Å². The summed E-state index contributed by atoms with van der Waals surface area (Å²) in [4.78, 5) is 11.0. The highest BCUT2D eigenvalue weighted by Gasteiger charge is 2.00. The number of anilines is 1. The molecule has 1 aromatic carbocycles. The van der Waals surface area contributed by atoms with Crippen LogP contribution in [0.3, 0.4) is 0 Å². The highest BCUT2D eigenvalue weighted by molar-refractivity contribution is 5.66. The molecule has 112 valence electrons. The molecule has 7 nitrogen and oxygen atoms in total. The highest BCUT2D eigenvalue weighted by atomic mass is 16.6. The Morgan fingerprint density at radius 1 is 1.20 bits per heavy atom. The van der Waals surface area contributed by atoms with Crippen molar-refractivity contribution >= 4 is 11.8 Å². The number of hydrogen-bond acceptors (Lipinski definition) is 6. The first-order chi connectivity index (χ1) is 9.74. The third kappa shape index (κ3) is 6.81. The van der Waals surface area contributed by atoms with Gasteiger partial charge in [-0.25, -0.2) is 4.79 Å². The minimum absolute atomic E-state index is 0.119. The number of para-hydroxylation sites is 2. The Morgan fingerprint density at radius 3 is 2.70 bits per heavy atom. The molecule has 0 aliphatic carbocycles. The number of alkyl carbamates (subject to hydrolysis) is 1. The number of ether oxygens (including phenoxy) is 3. The Labute approximate surface area is 117 Å². The smallest absolute Gasteiger partial charge is 0.407 e. The topological polar surface area (TPSA) is 103 Å². The molecule has 20 heavy (non-hydrogen) atoms. The van der Waals surface area contributed by atoms with E-state index in [-0.39, 0.29) is 26.4 Å².